The highest BCUT2D eigenvalue weighted by molar-refractivity contribution is 5.82. The predicted octanol–water partition coefficient (Wildman–Crippen LogP) is 2.21. The number of nitrogens with zero attached hydrogens (tertiary/aromatic N) is 6. The van der Waals surface area contributed by atoms with E-state index in [0.29, 0.717) is 28.9 Å². The lowest BCUT2D eigenvalue weighted by atomic mass is 10.1. The Morgan fingerprint density at radius 2 is 1.66 bits per heavy atom. The Labute approximate surface area is 184 Å². The first-order valence-electron chi connectivity index (χ1n) is 11.5. The average molecular weight is 441 g/mol. The second-order valence-corrected chi connectivity index (χ2v) is 9.06. The zero-order valence-corrected chi connectivity index (χ0v) is 17.7. The predicted molar refractivity (Wildman–Crippen MR) is 112 cm³/mol. The van der Waals surface area contributed by atoms with Gasteiger partial charge in [0.05, 0.1) is 6.33 Å². The van der Waals surface area contributed by atoms with Gasteiger partial charge in [0.2, 0.25) is 11.8 Å². The molecule has 3 aromatic rings. The molecular weight excluding hydrogens is 414 g/mol. The van der Waals surface area contributed by atoms with Crippen molar-refractivity contribution < 1.29 is 19.4 Å². The smallest absolute Gasteiger partial charge is 0.248 e. The van der Waals surface area contributed by atoms with Crippen LogP contribution in [-0.4, -0.2) is 58.2 Å². The summed E-state index contributed by atoms with van der Waals surface area (Å²) < 4.78 is 13.5. The molecule has 4 atom stereocenters. The highest BCUT2D eigenvalue weighted by Gasteiger charge is 2.47. The Balaban J connectivity index is 1.26. The molecule has 1 aliphatic heterocycles. The summed E-state index contributed by atoms with van der Waals surface area (Å²) in [7, 11) is 0. The first kappa shape index (κ1) is 20.0. The van der Waals surface area contributed by atoms with Crippen LogP contribution in [0.15, 0.2) is 17.1 Å². The van der Waals surface area contributed by atoms with Crippen molar-refractivity contribution in [2.24, 2.45) is 0 Å². The van der Waals surface area contributed by atoms with Gasteiger partial charge in [-0.05, 0) is 25.7 Å². The maximum Gasteiger partial charge on any atom is 0.248 e. The molecule has 6 rings (SSSR count). The molecule has 0 amide bonds. The van der Waals surface area contributed by atoms with E-state index in [2.05, 4.69) is 30.5 Å². The van der Waals surface area contributed by atoms with E-state index >= 15 is 0 Å². The normalized spacial score (nSPS) is 29.4. The number of rotatable bonds is 5. The number of aliphatic hydroxyl groups is 2. The number of fused-ring (bicyclic) bond motifs is 1. The van der Waals surface area contributed by atoms with Crippen molar-refractivity contribution in [3.63, 3.8) is 0 Å². The monoisotopic (exact) mass is 441 g/mol. The molecular formula is C21H27N7O4. The molecule has 11 heteroatoms. The second-order valence-electron chi connectivity index (χ2n) is 9.06. The molecule has 0 bridgehead atoms. The number of hydrogen-bond acceptors (Lipinski definition) is 10. The van der Waals surface area contributed by atoms with Crippen LogP contribution in [0.1, 0.15) is 81.4 Å². The fourth-order valence-corrected chi connectivity index (χ4v) is 5.20. The Kier molecular flexibility index (Phi) is 5.04. The van der Waals surface area contributed by atoms with Crippen LogP contribution in [0.25, 0.3) is 11.2 Å². The van der Waals surface area contributed by atoms with E-state index in [0.717, 1.165) is 38.5 Å². The van der Waals surface area contributed by atoms with Crippen molar-refractivity contribution in [1.82, 2.24) is 29.7 Å². The zero-order chi connectivity index (χ0) is 21.7. The maximum atomic E-state index is 10.8. The van der Waals surface area contributed by atoms with Crippen molar-refractivity contribution in [2.45, 2.75) is 87.9 Å². The van der Waals surface area contributed by atoms with Crippen LogP contribution in [0.4, 0.5) is 5.82 Å². The van der Waals surface area contributed by atoms with E-state index < -0.39 is 24.5 Å². The van der Waals surface area contributed by atoms with Crippen molar-refractivity contribution in [2.75, 3.05) is 5.32 Å². The first-order valence-corrected chi connectivity index (χ1v) is 11.5. The molecule has 3 aromatic heterocycles. The lowest BCUT2D eigenvalue weighted by molar-refractivity contribution is -0.0440. The van der Waals surface area contributed by atoms with Gasteiger partial charge in [-0.15, -0.1) is 10.2 Å². The summed E-state index contributed by atoms with van der Waals surface area (Å²) in [6, 6.07) is 0.379. The third-order valence-electron chi connectivity index (χ3n) is 6.97. The Morgan fingerprint density at radius 1 is 0.906 bits per heavy atom. The fraction of sp³-hybridized carbons (Fsp3) is 0.667. The molecule has 11 nitrogen and oxygen atoms in total. The summed E-state index contributed by atoms with van der Waals surface area (Å²) in [5.74, 6) is 1.69. The fourth-order valence-electron chi connectivity index (χ4n) is 5.20. The van der Waals surface area contributed by atoms with Crippen LogP contribution in [-0.2, 0) is 4.74 Å². The summed E-state index contributed by atoms with van der Waals surface area (Å²) in [5.41, 5.74) is 1.13. The molecule has 170 valence electrons. The van der Waals surface area contributed by atoms with Gasteiger partial charge >= 0.3 is 0 Å². The molecule has 0 spiro atoms. The van der Waals surface area contributed by atoms with Crippen LogP contribution in [0.2, 0.25) is 0 Å². The summed E-state index contributed by atoms with van der Waals surface area (Å²) in [4.78, 5) is 13.2. The van der Waals surface area contributed by atoms with Gasteiger partial charge in [0.1, 0.15) is 18.5 Å². The van der Waals surface area contributed by atoms with E-state index in [4.69, 9.17) is 9.15 Å². The minimum absolute atomic E-state index is 0.184. The number of anilines is 1. The molecule has 3 aliphatic rings. The van der Waals surface area contributed by atoms with Crippen LogP contribution >= 0.6 is 0 Å². The zero-order valence-electron chi connectivity index (χ0n) is 17.7. The summed E-state index contributed by atoms with van der Waals surface area (Å²) in [6.45, 7) is 0. The maximum absolute atomic E-state index is 10.8. The SMILES string of the molecule is O[C@@H]1[C@H](O)[C@@H](c2nnc(C3CCCC3)o2)O[C@H]1n1cnc2c(NC3CCCC3)ncnc21. The van der Waals surface area contributed by atoms with E-state index in [1.165, 1.54) is 19.2 Å². The molecule has 0 radical (unpaired) electrons. The third kappa shape index (κ3) is 3.35. The van der Waals surface area contributed by atoms with E-state index in [1.807, 2.05) is 0 Å². The van der Waals surface area contributed by atoms with E-state index in [-0.39, 0.29) is 11.8 Å². The van der Waals surface area contributed by atoms with Crippen LogP contribution in [0.5, 0.6) is 0 Å². The van der Waals surface area contributed by atoms with Gasteiger partial charge in [-0.3, -0.25) is 4.57 Å². The molecule has 1 saturated heterocycles. The summed E-state index contributed by atoms with van der Waals surface area (Å²) >= 11 is 0. The highest BCUT2D eigenvalue weighted by atomic mass is 16.6. The molecule has 2 aliphatic carbocycles. The minimum Gasteiger partial charge on any atom is -0.422 e. The van der Waals surface area contributed by atoms with Gasteiger partial charge < -0.3 is 24.7 Å². The quantitative estimate of drug-likeness (QED) is 0.539. The Morgan fingerprint density at radius 3 is 2.47 bits per heavy atom. The van der Waals surface area contributed by atoms with Crippen molar-refractivity contribution >= 4 is 17.0 Å². The third-order valence-corrected chi connectivity index (χ3v) is 6.97. The standard InChI is InChI=1S/C21H27N7O4/c29-14-15(30)21(31-16(14)20-27-26-19(32-20)11-5-1-2-6-11)28-10-24-13-17(22-9-23-18(13)28)25-12-7-3-4-8-12/h9-12,14-16,21,29-30H,1-8H2,(H,22,23,25)/t14-,15+,16-,21+/m0/s1. The molecule has 0 aromatic carbocycles. The van der Waals surface area contributed by atoms with Crippen LogP contribution in [0, 0.1) is 0 Å². The van der Waals surface area contributed by atoms with Gasteiger partial charge in [-0.2, -0.15) is 0 Å². The Bertz CT molecular complexity index is 1090. The van der Waals surface area contributed by atoms with Crippen molar-refractivity contribution in [1.29, 1.82) is 0 Å². The number of imidazole rings is 1. The number of ether oxygens (including phenoxy) is 1. The number of hydrogen-bond donors (Lipinski definition) is 3. The van der Waals surface area contributed by atoms with Crippen molar-refractivity contribution in [3.8, 4) is 0 Å². The number of aliphatic hydroxyl groups excluding tert-OH is 2. The largest absolute Gasteiger partial charge is 0.422 e. The van der Waals surface area contributed by atoms with Gasteiger partial charge in [-0.25, -0.2) is 15.0 Å². The molecule has 3 fully saturated rings. The number of aromatic nitrogens is 6. The van der Waals surface area contributed by atoms with E-state index in [9.17, 15) is 10.2 Å². The lowest BCUT2D eigenvalue weighted by Gasteiger charge is -2.17. The lowest BCUT2D eigenvalue weighted by Crippen LogP contribution is -2.29. The summed E-state index contributed by atoms with van der Waals surface area (Å²) in [5, 5.41) is 33.2. The Hall–Kier alpha value is -2.63. The van der Waals surface area contributed by atoms with Crippen LogP contribution < -0.4 is 5.32 Å². The van der Waals surface area contributed by atoms with Crippen LogP contribution in [0.3, 0.4) is 0 Å². The van der Waals surface area contributed by atoms with Gasteiger partial charge in [0.15, 0.2) is 29.3 Å². The number of nitrogens with one attached hydrogen (secondary N) is 1. The summed E-state index contributed by atoms with van der Waals surface area (Å²) in [6.07, 6.45) is 7.78. The second kappa shape index (κ2) is 8.05. The average Bonchev–Trinajstić information content (AvgIpc) is 3.61. The molecule has 4 heterocycles. The van der Waals surface area contributed by atoms with E-state index in [1.54, 1.807) is 10.9 Å². The van der Waals surface area contributed by atoms with Gasteiger partial charge in [0, 0.05) is 12.0 Å². The first-order chi connectivity index (χ1) is 15.7. The molecule has 32 heavy (non-hydrogen) atoms. The molecule has 3 N–H and O–H groups in total. The topological polar surface area (TPSA) is 144 Å². The molecule has 2 saturated carbocycles. The molecule has 0 unspecified atom stereocenters. The van der Waals surface area contributed by atoms with Gasteiger partial charge in [0.25, 0.3) is 0 Å². The van der Waals surface area contributed by atoms with Crippen molar-refractivity contribution in [3.05, 3.63) is 24.4 Å². The highest BCUT2D eigenvalue weighted by Crippen LogP contribution is 2.41. The van der Waals surface area contributed by atoms with Gasteiger partial charge in [-0.1, -0.05) is 25.7 Å². The minimum atomic E-state index is -1.22.